The van der Waals surface area contributed by atoms with Crippen LogP contribution in [0.15, 0.2) is 0 Å². The van der Waals surface area contributed by atoms with Crippen LogP contribution in [0.3, 0.4) is 0 Å². The highest BCUT2D eigenvalue weighted by molar-refractivity contribution is 5.78. The Labute approximate surface area is 127 Å². The van der Waals surface area contributed by atoms with Crippen LogP contribution in [0.5, 0.6) is 0 Å². The Morgan fingerprint density at radius 1 is 1.10 bits per heavy atom. The lowest BCUT2D eigenvalue weighted by molar-refractivity contribution is -0.149. The molecule has 21 heavy (non-hydrogen) atoms. The molecule has 0 atom stereocenters. The van der Waals surface area contributed by atoms with E-state index in [9.17, 15) is 14.7 Å². The van der Waals surface area contributed by atoms with Gasteiger partial charge in [-0.2, -0.15) is 0 Å². The molecule has 0 heterocycles. The number of carboxylic acid groups (broad SMARTS) is 1. The zero-order valence-corrected chi connectivity index (χ0v) is 13.6. The fourth-order valence-corrected chi connectivity index (χ4v) is 3.07. The number of hydrogen-bond donors (Lipinski definition) is 3. The molecule has 5 nitrogen and oxygen atoms in total. The molecular formula is C16H30N2O3. The maximum atomic E-state index is 11.9. The Kier molecular flexibility index (Phi) is 6.49. The molecule has 2 amide bonds. The van der Waals surface area contributed by atoms with Crippen molar-refractivity contribution in [1.82, 2.24) is 10.6 Å². The number of hydrogen-bond acceptors (Lipinski definition) is 2. The Balaban J connectivity index is 2.41. The summed E-state index contributed by atoms with van der Waals surface area (Å²) in [6.07, 6.45) is 7.07. The first kappa shape index (κ1) is 17.8. The Morgan fingerprint density at radius 2 is 1.67 bits per heavy atom. The highest BCUT2D eigenvalue weighted by atomic mass is 16.4. The molecule has 0 aliphatic heterocycles. The third-order valence-corrected chi connectivity index (χ3v) is 5.13. The smallest absolute Gasteiger partial charge is 0.314 e. The summed E-state index contributed by atoms with van der Waals surface area (Å²) in [6.45, 7) is 6.75. The van der Waals surface area contributed by atoms with Gasteiger partial charge in [-0.15, -0.1) is 0 Å². The molecule has 3 N–H and O–H groups in total. The van der Waals surface area contributed by atoms with Crippen LogP contribution < -0.4 is 10.6 Å². The quantitative estimate of drug-likeness (QED) is 0.675. The zero-order valence-electron chi connectivity index (χ0n) is 13.6. The maximum Gasteiger partial charge on any atom is 0.314 e. The monoisotopic (exact) mass is 298 g/mol. The van der Waals surface area contributed by atoms with Gasteiger partial charge >= 0.3 is 12.0 Å². The number of rotatable bonds is 7. The van der Waals surface area contributed by atoms with E-state index in [1.165, 1.54) is 19.3 Å². The molecule has 1 aliphatic rings. The van der Waals surface area contributed by atoms with E-state index in [1.807, 2.05) is 13.8 Å². The summed E-state index contributed by atoms with van der Waals surface area (Å²) in [5.74, 6) is -0.841. The number of amides is 2. The molecule has 1 aliphatic carbocycles. The molecule has 0 aromatic carbocycles. The second-order valence-corrected chi connectivity index (χ2v) is 6.70. The molecule has 0 spiro atoms. The van der Waals surface area contributed by atoms with Gasteiger partial charge in [-0.25, -0.2) is 4.79 Å². The second-order valence-electron chi connectivity index (χ2n) is 6.70. The third-order valence-electron chi connectivity index (χ3n) is 5.13. The number of urea groups is 1. The van der Waals surface area contributed by atoms with Gasteiger partial charge in [-0.1, -0.05) is 40.0 Å². The highest BCUT2D eigenvalue weighted by Gasteiger charge is 2.35. The summed E-state index contributed by atoms with van der Waals surface area (Å²) in [6, 6.07) is -0.255. The van der Waals surface area contributed by atoms with Gasteiger partial charge in [0.2, 0.25) is 0 Å². The predicted octanol–water partition coefficient (Wildman–Crippen LogP) is 3.15. The number of carbonyl (C=O) groups excluding carboxylic acids is 1. The van der Waals surface area contributed by atoms with Gasteiger partial charge in [0.25, 0.3) is 0 Å². The summed E-state index contributed by atoms with van der Waals surface area (Å²) in [5, 5.41) is 15.0. The fraction of sp³-hybridized carbons (Fsp3) is 0.875. The van der Waals surface area contributed by atoms with Crippen LogP contribution in [-0.4, -0.2) is 30.2 Å². The summed E-state index contributed by atoms with van der Waals surface area (Å²) >= 11 is 0. The van der Waals surface area contributed by atoms with Gasteiger partial charge in [0, 0.05) is 13.1 Å². The number of nitrogens with one attached hydrogen (secondary N) is 2. The van der Waals surface area contributed by atoms with Gasteiger partial charge in [0.15, 0.2) is 0 Å². The summed E-state index contributed by atoms with van der Waals surface area (Å²) < 4.78 is 0. The van der Waals surface area contributed by atoms with Crippen LogP contribution in [0.4, 0.5) is 4.79 Å². The van der Waals surface area contributed by atoms with Gasteiger partial charge in [-0.3, -0.25) is 4.79 Å². The average molecular weight is 298 g/mol. The van der Waals surface area contributed by atoms with E-state index in [0.717, 1.165) is 12.8 Å². The molecule has 0 aromatic rings. The number of carboxylic acids is 1. The van der Waals surface area contributed by atoms with E-state index < -0.39 is 11.4 Å². The Hall–Kier alpha value is -1.26. The lowest BCUT2D eigenvalue weighted by Gasteiger charge is -2.34. The van der Waals surface area contributed by atoms with Crippen LogP contribution in [0.25, 0.3) is 0 Å². The van der Waals surface area contributed by atoms with Crippen molar-refractivity contribution in [2.24, 2.45) is 10.8 Å². The molecule has 1 saturated carbocycles. The van der Waals surface area contributed by atoms with Crippen molar-refractivity contribution in [3.8, 4) is 0 Å². The molecule has 1 fully saturated rings. The zero-order chi connectivity index (χ0) is 15.9. The minimum absolute atomic E-state index is 0.178. The number of aliphatic carboxylic acids is 1. The van der Waals surface area contributed by atoms with Crippen molar-refractivity contribution < 1.29 is 14.7 Å². The summed E-state index contributed by atoms with van der Waals surface area (Å²) in [5.41, 5.74) is -0.666. The maximum absolute atomic E-state index is 11.9. The molecule has 0 radical (unpaired) electrons. The van der Waals surface area contributed by atoms with Crippen LogP contribution in [0.1, 0.15) is 65.7 Å². The van der Waals surface area contributed by atoms with Crippen LogP contribution in [0.2, 0.25) is 0 Å². The largest absolute Gasteiger partial charge is 0.481 e. The molecule has 1 rings (SSSR count). The van der Waals surface area contributed by atoms with E-state index in [4.69, 9.17) is 0 Å². The lowest BCUT2D eigenvalue weighted by atomic mass is 9.76. The SMILES string of the molecule is CCC(CC)(CNC(=O)NCC1(C)CCCCC1)C(=O)O. The van der Waals surface area contributed by atoms with Gasteiger partial charge in [0.1, 0.15) is 0 Å². The van der Waals surface area contributed by atoms with E-state index in [-0.39, 0.29) is 18.0 Å². The van der Waals surface area contributed by atoms with Crippen molar-refractivity contribution >= 4 is 12.0 Å². The highest BCUT2D eigenvalue weighted by Crippen LogP contribution is 2.34. The van der Waals surface area contributed by atoms with Crippen molar-refractivity contribution in [2.75, 3.05) is 13.1 Å². The average Bonchev–Trinajstić information content (AvgIpc) is 2.47. The molecular weight excluding hydrogens is 268 g/mol. The van der Waals surface area contributed by atoms with Crippen molar-refractivity contribution in [3.05, 3.63) is 0 Å². The Bertz CT molecular complexity index is 359. The van der Waals surface area contributed by atoms with Crippen LogP contribution >= 0.6 is 0 Å². The van der Waals surface area contributed by atoms with E-state index >= 15 is 0 Å². The Morgan fingerprint density at radius 3 is 2.14 bits per heavy atom. The molecule has 5 heteroatoms. The molecule has 0 aromatic heterocycles. The molecule has 122 valence electrons. The van der Waals surface area contributed by atoms with Gasteiger partial charge in [0.05, 0.1) is 5.41 Å². The fourth-order valence-electron chi connectivity index (χ4n) is 3.07. The van der Waals surface area contributed by atoms with Crippen molar-refractivity contribution in [1.29, 1.82) is 0 Å². The topological polar surface area (TPSA) is 78.4 Å². The van der Waals surface area contributed by atoms with Crippen molar-refractivity contribution in [3.63, 3.8) is 0 Å². The normalized spacial score (nSPS) is 18.0. The first-order chi connectivity index (χ1) is 9.87. The lowest BCUT2D eigenvalue weighted by Crippen LogP contribution is -2.48. The standard InChI is InChI=1S/C16H30N2O3/c1-4-16(5-2,13(19)20)12-18-14(21)17-11-15(3)9-7-6-8-10-15/h4-12H2,1-3H3,(H,19,20)(H2,17,18,21). The number of carbonyl (C=O) groups is 2. The van der Waals surface area contributed by atoms with Gasteiger partial charge < -0.3 is 15.7 Å². The van der Waals surface area contributed by atoms with Gasteiger partial charge in [-0.05, 0) is 31.1 Å². The first-order valence-corrected chi connectivity index (χ1v) is 8.12. The predicted molar refractivity (Wildman–Crippen MR) is 83.2 cm³/mol. The third kappa shape index (κ3) is 4.90. The second kappa shape index (κ2) is 7.66. The minimum atomic E-state index is -0.855. The minimum Gasteiger partial charge on any atom is -0.481 e. The van der Waals surface area contributed by atoms with E-state index in [1.54, 1.807) is 0 Å². The van der Waals surface area contributed by atoms with E-state index in [2.05, 4.69) is 17.6 Å². The molecule has 0 unspecified atom stereocenters. The summed E-state index contributed by atoms with van der Waals surface area (Å²) in [4.78, 5) is 23.3. The first-order valence-electron chi connectivity index (χ1n) is 8.12. The van der Waals surface area contributed by atoms with Crippen LogP contribution in [-0.2, 0) is 4.79 Å². The van der Waals surface area contributed by atoms with Crippen molar-refractivity contribution in [2.45, 2.75) is 65.7 Å². The molecule has 0 saturated heterocycles. The summed E-state index contributed by atoms with van der Waals surface area (Å²) in [7, 11) is 0. The van der Waals surface area contributed by atoms with Crippen LogP contribution in [0, 0.1) is 10.8 Å². The molecule has 0 bridgehead atoms. The van der Waals surface area contributed by atoms with E-state index in [0.29, 0.717) is 19.4 Å².